The van der Waals surface area contributed by atoms with Gasteiger partial charge >= 0.3 is 0 Å². The lowest BCUT2D eigenvalue weighted by molar-refractivity contribution is -0.111. The van der Waals surface area contributed by atoms with Crippen LogP contribution in [-0.4, -0.2) is 68.5 Å². The van der Waals surface area contributed by atoms with Gasteiger partial charge in [-0.1, -0.05) is 25.6 Å². The van der Waals surface area contributed by atoms with Gasteiger partial charge in [-0.25, -0.2) is 8.78 Å². The number of fused-ring (bicyclic) bond motifs is 1. The first kappa shape index (κ1) is 29.9. The molecule has 0 saturated carbocycles. The summed E-state index contributed by atoms with van der Waals surface area (Å²) in [4.78, 5) is 35.0. The van der Waals surface area contributed by atoms with E-state index in [4.69, 9.17) is 14.5 Å². The summed E-state index contributed by atoms with van der Waals surface area (Å²) < 4.78 is 40.0. The lowest BCUT2D eigenvalue weighted by Gasteiger charge is -2.35. The standard InChI is InChI=1S/C33H34F2N4O4/c1-5-29(40)37-26-18-24(39-13-11-38(6-2)12-14-39)10-8-21(26)16-23-9-7-20-15-22(17-25(20)36-23)33(41)30-31(34)27(42-3)19-28(43-4)32(30)35/h5,7-10,17-19H,1,6,11-16H2,2-4H3,(H,37,40). The van der Waals surface area contributed by atoms with Crippen molar-refractivity contribution in [1.82, 2.24) is 9.88 Å². The number of ether oxygens (including phenoxy) is 2. The third-order valence-electron chi connectivity index (χ3n) is 7.95. The van der Waals surface area contributed by atoms with Gasteiger partial charge in [0, 0.05) is 67.7 Å². The minimum absolute atomic E-state index is 0.181. The average Bonchev–Trinajstić information content (AvgIpc) is 3.45. The number of likely N-dealkylation sites (N-methyl/N-ethyl adjacent to an activating group) is 1. The third-order valence-corrected chi connectivity index (χ3v) is 7.95. The first-order valence-corrected chi connectivity index (χ1v) is 14.1. The maximum atomic E-state index is 15.0. The number of allylic oxidation sites excluding steroid dienone is 1. The number of nitrogens with one attached hydrogen (secondary N) is 1. The fraction of sp³-hybridized carbons (Fsp3) is 0.303. The van der Waals surface area contributed by atoms with Crippen molar-refractivity contribution in [2.24, 2.45) is 0 Å². The van der Waals surface area contributed by atoms with Crippen LogP contribution in [0.5, 0.6) is 11.5 Å². The zero-order valence-corrected chi connectivity index (χ0v) is 24.5. The average molecular weight is 589 g/mol. The van der Waals surface area contributed by atoms with E-state index in [0.717, 1.165) is 55.6 Å². The molecule has 3 aromatic rings. The van der Waals surface area contributed by atoms with Crippen LogP contribution in [0.15, 0.2) is 54.6 Å². The molecule has 1 amide bonds. The number of hydrogen-bond acceptors (Lipinski definition) is 7. The fourth-order valence-electron chi connectivity index (χ4n) is 5.46. The summed E-state index contributed by atoms with van der Waals surface area (Å²) in [6.45, 7) is 10.5. The predicted octanol–water partition coefficient (Wildman–Crippen LogP) is 5.06. The van der Waals surface area contributed by atoms with E-state index < -0.39 is 23.0 Å². The summed E-state index contributed by atoms with van der Waals surface area (Å²) >= 11 is 0. The second-order valence-electron chi connectivity index (χ2n) is 10.4. The minimum atomic E-state index is -1.08. The van der Waals surface area contributed by atoms with E-state index in [2.05, 4.69) is 34.7 Å². The Morgan fingerprint density at radius 2 is 1.72 bits per heavy atom. The minimum Gasteiger partial charge on any atom is -0.494 e. The van der Waals surface area contributed by atoms with Crippen LogP contribution in [0.1, 0.15) is 39.8 Å². The summed E-state index contributed by atoms with van der Waals surface area (Å²) in [6, 6.07) is 10.8. The van der Waals surface area contributed by atoms with Crippen molar-refractivity contribution in [2.75, 3.05) is 57.2 Å². The summed E-state index contributed by atoms with van der Waals surface area (Å²) in [5.74, 6) is -3.84. The number of aromatic nitrogens is 1. The van der Waals surface area contributed by atoms with Gasteiger partial charge in [-0.3, -0.25) is 14.6 Å². The summed E-state index contributed by atoms with van der Waals surface area (Å²) in [6.07, 6.45) is 3.39. The molecule has 2 aromatic carbocycles. The predicted molar refractivity (Wildman–Crippen MR) is 162 cm³/mol. The highest BCUT2D eigenvalue weighted by Crippen LogP contribution is 2.35. The molecule has 1 saturated heterocycles. The molecule has 2 aliphatic rings. The normalized spacial score (nSPS) is 14.6. The molecule has 224 valence electrons. The topological polar surface area (TPSA) is 84.0 Å². The van der Waals surface area contributed by atoms with Gasteiger partial charge in [-0.2, -0.15) is 0 Å². The van der Waals surface area contributed by atoms with Gasteiger partial charge in [0.25, 0.3) is 0 Å². The van der Waals surface area contributed by atoms with Gasteiger partial charge < -0.3 is 24.6 Å². The van der Waals surface area contributed by atoms with Crippen LogP contribution >= 0.6 is 0 Å². The van der Waals surface area contributed by atoms with Crippen molar-refractivity contribution in [3.8, 4) is 11.5 Å². The number of methoxy groups -OCH3 is 2. The lowest BCUT2D eigenvalue weighted by Crippen LogP contribution is -2.46. The van der Waals surface area contributed by atoms with Crippen LogP contribution in [0.4, 0.5) is 20.2 Å². The summed E-state index contributed by atoms with van der Waals surface area (Å²) in [5, 5.41) is 2.93. The number of benzene rings is 2. The number of pyridine rings is 1. The largest absolute Gasteiger partial charge is 0.494 e. The van der Waals surface area contributed by atoms with Crippen molar-refractivity contribution < 1.29 is 27.8 Å². The highest BCUT2D eigenvalue weighted by Gasteiger charge is 2.30. The monoisotopic (exact) mass is 588 g/mol. The Morgan fingerprint density at radius 1 is 1.02 bits per heavy atom. The van der Waals surface area contributed by atoms with E-state index >= 15 is 0 Å². The smallest absolute Gasteiger partial charge is 0.247 e. The molecule has 0 atom stereocenters. The van der Waals surface area contributed by atoms with Crippen LogP contribution in [0.3, 0.4) is 0 Å². The quantitative estimate of drug-likeness (QED) is 0.262. The van der Waals surface area contributed by atoms with E-state index in [0.29, 0.717) is 23.5 Å². The maximum Gasteiger partial charge on any atom is 0.247 e. The molecule has 2 heterocycles. The van der Waals surface area contributed by atoms with Crippen molar-refractivity contribution in [1.29, 1.82) is 0 Å². The number of rotatable bonds is 10. The zero-order chi connectivity index (χ0) is 30.7. The Morgan fingerprint density at radius 3 is 2.35 bits per heavy atom. The number of halogens is 2. The Balaban J connectivity index is 1.40. The molecular weight excluding hydrogens is 554 g/mol. The number of ketones is 1. The van der Waals surface area contributed by atoms with Gasteiger partial charge in [-0.05, 0) is 48.0 Å². The highest BCUT2D eigenvalue weighted by molar-refractivity contribution is 6.13. The van der Waals surface area contributed by atoms with Crippen molar-refractivity contribution in [2.45, 2.75) is 19.8 Å². The van der Waals surface area contributed by atoms with Crippen molar-refractivity contribution in [3.05, 3.63) is 94.3 Å². The molecule has 1 aliphatic heterocycles. The number of carbonyl (C=O) groups is 2. The second-order valence-corrected chi connectivity index (χ2v) is 10.4. The summed E-state index contributed by atoms with van der Waals surface area (Å²) in [7, 11) is 2.46. The Labute approximate surface area is 249 Å². The molecule has 10 heteroatoms. The molecule has 0 spiro atoms. The Bertz CT molecular complexity index is 1580. The fourth-order valence-corrected chi connectivity index (χ4v) is 5.46. The Kier molecular flexibility index (Phi) is 8.86. The number of piperazine rings is 1. The zero-order valence-electron chi connectivity index (χ0n) is 24.5. The van der Waals surface area contributed by atoms with Gasteiger partial charge in [0.2, 0.25) is 5.91 Å². The Hall–Kier alpha value is -4.57. The molecule has 1 aromatic heterocycles. The molecule has 1 fully saturated rings. The second kappa shape index (κ2) is 12.7. The molecule has 0 unspecified atom stereocenters. The lowest BCUT2D eigenvalue weighted by atomic mass is 9.99. The van der Waals surface area contributed by atoms with E-state index in [1.54, 1.807) is 6.08 Å². The number of anilines is 2. The molecule has 8 nitrogen and oxygen atoms in total. The van der Waals surface area contributed by atoms with Gasteiger partial charge in [0.05, 0.1) is 19.9 Å². The van der Waals surface area contributed by atoms with Crippen LogP contribution in [0.25, 0.3) is 6.08 Å². The molecule has 5 rings (SSSR count). The number of Topliss-reactive ketones (excluding diaryl/α,β-unsaturated/α-hetero) is 1. The first-order chi connectivity index (χ1) is 20.8. The van der Waals surface area contributed by atoms with E-state index in [1.165, 1.54) is 20.3 Å². The molecular formula is C33H34F2N4O4. The number of nitrogens with zero attached hydrogens (tertiary/aromatic N) is 3. The van der Waals surface area contributed by atoms with E-state index in [9.17, 15) is 18.4 Å². The third kappa shape index (κ3) is 6.15. The van der Waals surface area contributed by atoms with Crippen LogP contribution in [0.2, 0.25) is 0 Å². The van der Waals surface area contributed by atoms with Crippen LogP contribution < -0.4 is 19.7 Å². The van der Waals surface area contributed by atoms with E-state index in [-0.39, 0.29) is 29.4 Å². The first-order valence-electron chi connectivity index (χ1n) is 14.1. The number of amides is 1. The van der Waals surface area contributed by atoms with Crippen LogP contribution in [0, 0.1) is 11.6 Å². The maximum absolute atomic E-state index is 15.0. The molecule has 1 aliphatic carbocycles. The van der Waals surface area contributed by atoms with Gasteiger partial charge in [-0.15, -0.1) is 0 Å². The highest BCUT2D eigenvalue weighted by atomic mass is 19.1. The molecule has 43 heavy (non-hydrogen) atoms. The van der Waals surface area contributed by atoms with Gasteiger partial charge in [0.15, 0.2) is 28.9 Å². The number of hydrogen-bond donors (Lipinski definition) is 1. The molecule has 0 radical (unpaired) electrons. The van der Waals surface area contributed by atoms with Gasteiger partial charge in [0.1, 0.15) is 5.56 Å². The van der Waals surface area contributed by atoms with E-state index in [1.807, 2.05) is 24.3 Å². The van der Waals surface area contributed by atoms with Crippen LogP contribution in [-0.2, 0) is 17.6 Å². The summed E-state index contributed by atoms with van der Waals surface area (Å²) in [5.41, 5.74) is 4.08. The van der Waals surface area contributed by atoms with Crippen molar-refractivity contribution in [3.63, 3.8) is 0 Å². The number of carbonyl (C=O) groups excluding carboxylic acids is 2. The van der Waals surface area contributed by atoms with Crippen molar-refractivity contribution >= 4 is 29.1 Å². The molecule has 0 bridgehead atoms. The SMILES string of the molecule is C=CC(=O)Nc1cc(N2CCN(CC)CC2)ccc1Cc1ccc2c(n1)C=C(C(=O)c1c(F)c(OC)cc(OC)c1F)C2. The molecule has 1 N–H and O–H groups in total.